The first-order valence-corrected chi connectivity index (χ1v) is 8.18. The highest BCUT2D eigenvalue weighted by molar-refractivity contribution is 5.91. The van der Waals surface area contributed by atoms with E-state index in [1.165, 1.54) is 37.8 Å². The number of rotatable bonds is 14. The van der Waals surface area contributed by atoms with E-state index < -0.39 is 5.97 Å². The van der Waals surface area contributed by atoms with E-state index in [2.05, 4.69) is 6.92 Å². The summed E-state index contributed by atoms with van der Waals surface area (Å²) in [6.07, 6.45) is 14.1. The number of carbonyl (C=O) groups is 3. The van der Waals surface area contributed by atoms with Crippen molar-refractivity contribution < 1.29 is 19.5 Å². The van der Waals surface area contributed by atoms with Gasteiger partial charge in [0.25, 0.3) is 0 Å². The van der Waals surface area contributed by atoms with Crippen LogP contribution in [0.5, 0.6) is 0 Å². The second-order valence-corrected chi connectivity index (χ2v) is 5.42. The minimum Gasteiger partial charge on any atom is -0.481 e. The molecule has 124 valence electrons. The number of allylic oxidation sites excluding steroid dienone is 4. The number of carboxylic acids is 1. The molecular weight excluding hydrogens is 280 g/mol. The fourth-order valence-electron chi connectivity index (χ4n) is 1.99. The Hall–Kier alpha value is -1.71. The number of hydrogen-bond donors (Lipinski definition) is 1. The Morgan fingerprint density at radius 1 is 0.727 bits per heavy atom. The molecule has 0 aromatic heterocycles. The Morgan fingerprint density at radius 3 is 1.77 bits per heavy atom. The third kappa shape index (κ3) is 14.7. The molecule has 0 radical (unpaired) electrons. The summed E-state index contributed by atoms with van der Waals surface area (Å²) in [6.45, 7) is 2.18. The third-order valence-corrected chi connectivity index (χ3v) is 3.27. The van der Waals surface area contributed by atoms with E-state index >= 15 is 0 Å². The number of unbranched alkanes of at least 4 members (excludes halogenated alkanes) is 5. The summed E-state index contributed by atoms with van der Waals surface area (Å²) in [5.74, 6) is -0.926. The summed E-state index contributed by atoms with van der Waals surface area (Å²) in [5, 5.41) is 8.45. The van der Waals surface area contributed by atoms with Crippen LogP contribution in [0.3, 0.4) is 0 Å². The molecule has 0 aromatic carbocycles. The van der Waals surface area contributed by atoms with Crippen LogP contribution in [0.15, 0.2) is 24.3 Å². The first-order chi connectivity index (χ1) is 10.6. The standard InChI is InChI=1S/C18H28O4/c1-2-3-4-5-6-7-11-16(19)12-8-9-13-17(20)14-10-15-18(21)22/h8-9,12-13H,2-7,10-11,14-15H2,1H3,(H,21,22). The molecule has 0 saturated heterocycles. The van der Waals surface area contributed by atoms with Crippen molar-refractivity contribution in [3.63, 3.8) is 0 Å². The van der Waals surface area contributed by atoms with Crippen molar-refractivity contribution in [2.24, 2.45) is 0 Å². The summed E-state index contributed by atoms with van der Waals surface area (Å²) in [7, 11) is 0. The van der Waals surface area contributed by atoms with Crippen molar-refractivity contribution in [2.45, 2.75) is 71.1 Å². The van der Waals surface area contributed by atoms with Crippen molar-refractivity contribution in [1.82, 2.24) is 0 Å². The van der Waals surface area contributed by atoms with Gasteiger partial charge in [0.1, 0.15) is 0 Å². The number of carbonyl (C=O) groups excluding carboxylic acids is 2. The summed E-state index contributed by atoms with van der Waals surface area (Å²) in [4.78, 5) is 33.2. The predicted octanol–water partition coefficient (Wildman–Crippen LogP) is 4.24. The minimum atomic E-state index is -0.892. The van der Waals surface area contributed by atoms with Crippen LogP contribution < -0.4 is 0 Å². The SMILES string of the molecule is CCCCCCCCC(=O)C=CC=CC(=O)CCCC(=O)O. The molecule has 0 saturated carbocycles. The van der Waals surface area contributed by atoms with E-state index in [4.69, 9.17) is 5.11 Å². The summed E-state index contributed by atoms with van der Waals surface area (Å²) >= 11 is 0. The molecule has 4 nitrogen and oxygen atoms in total. The molecule has 0 unspecified atom stereocenters. The van der Waals surface area contributed by atoms with Gasteiger partial charge in [0.15, 0.2) is 11.6 Å². The van der Waals surface area contributed by atoms with Crippen LogP contribution in [0.4, 0.5) is 0 Å². The zero-order chi connectivity index (χ0) is 16.6. The average molecular weight is 308 g/mol. The maximum absolute atomic E-state index is 11.6. The molecule has 0 fully saturated rings. The van der Waals surface area contributed by atoms with Crippen LogP contribution in [0.25, 0.3) is 0 Å². The zero-order valence-electron chi connectivity index (χ0n) is 13.6. The van der Waals surface area contributed by atoms with Gasteiger partial charge in [-0.15, -0.1) is 0 Å². The Bertz CT molecular complexity index is 394. The van der Waals surface area contributed by atoms with Crippen LogP contribution in [-0.2, 0) is 14.4 Å². The van der Waals surface area contributed by atoms with Crippen LogP contribution in [0, 0.1) is 0 Å². The monoisotopic (exact) mass is 308 g/mol. The van der Waals surface area contributed by atoms with E-state index in [1.54, 1.807) is 12.2 Å². The lowest BCUT2D eigenvalue weighted by molar-refractivity contribution is -0.137. The van der Waals surface area contributed by atoms with Gasteiger partial charge in [-0.2, -0.15) is 0 Å². The number of hydrogen-bond acceptors (Lipinski definition) is 3. The molecule has 0 aromatic rings. The van der Waals surface area contributed by atoms with Gasteiger partial charge in [-0.1, -0.05) is 51.2 Å². The van der Waals surface area contributed by atoms with Crippen molar-refractivity contribution in [2.75, 3.05) is 0 Å². The number of carboxylic acid groups (broad SMARTS) is 1. The maximum atomic E-state index is 11.6. The van der Waals surface area contributed by atoms with Crippen molar-refractivity contribution in [1.29, 1.82) is 0 Å². The van der Waals surface area contributed by atoms with Gasteiger partial charge in [-0.3, -0.25) is 14.4 Å². The number of ketones is 2. The molecule has 4 heteroatoms. The quantitative estimate of drug-likeness (QED) is 0.296. The molecule has 0 aliphatic rings. The van der Waals surface area contributed by atoms with Gasteiger partial charge >= 0.3 is 5.97 Å². The van der Waals surface area contributed by atoms with E-state index in [9.17, 15) is 14.4 Å². The van der Waals surface area contributed by atoms with Crippen LogP contribution in [-0.4, -0.2) is 22.6 Å². The third-order valence-electron chi connectivity index (χ3n) is 3.27. The van der Waals surface area contributed by atoms with E-state index in [0.29, 0.717) is 12.8 Å². The van der Waals surface area contributed by atoms with Crippen LogP contribution >= 0.6 is 0 Å². The van der Waals surface area contributed by atoms with E-state index in [1.807, 2.05) is 0 Å². The van der Waals surface area contributed by atoms with Gasteiger partial charge in [-0.05, 0) is 25.0 Å². The lowest BCUT2D eigenvalue weighted by Crippen LogP contribution is -1.98. The smallest absolute Gasteiger partial charge is 0.303 e. The summed E-state index contributed by atoms with van der Waals surface area (Å²) in [5.41, 5.74) is 0. The van der Waals surface area contributed by atoms with Gasteiger partial charge in [0.05, 0.1) is 0 Å². The Kier molecular flexibility index (Phi) is 13.1. The largest absolute Gasteiger partial charge is 0.481 e. The number of aliphatic carboxylic acids is 1. The second-order valence-electron chi connectivity index (χ2n) is 5.42. The molecule has 0 aliphatic heterocycles. The molecule has 0 aliphatic carbocycles. The van der Waals surface area contributed by atoms with Crippen LogP contribution in [0.1, 0.15) is 71.1 Å². The summed E-state index contributed by atoms with van der Waals surface area (Å²) < 4.78 is 0. The van der Waals surface area contributed by atoms with Crippen molar-refractivity contribution in [3.05, 3.63) is 24.3 Å². The zero-order valence-corrected chi connectivity index (χ0v) is 13.6. The topological polar surface area (TPSA) is 71.4 Å². The molecule has 0 spiro atoms. The molecule has 0 rings (SSSR count). The maximum Gasteiger partial charge on any atom is 0.303 e. The molecule has 0 heterocycles. The normalized spacial score (nSPS) is 11.3. The molecule has 0 bridgehead atoms. The van der Waals surface area contributed by atoms with Crippen LogP contribution in [0.2, 0.25) is 0 Å². The lowest BCUT2D eigenvalue weighted by atomic mass is 10.1. The second kappa shape index (κ2) is 14.2. The van der Waals surface area contributed by atoms with Gasteiger partial charge in [0.2, 0.25) is 0 Å². The Balaban J connectivity index is 3.68. The Labute approximate surface area is 133 Å². The molecule has 22 heavy (non-hydrogen) atoms. The molecule has 0 atom stereocenters. The summed E-state index contributed by atoms with van der Waals surface area (Å²) in [6, 6.07) is 0. The average Bonchev–Trinajstić information content (AvgIpc) is 2.47. The van der Waals surface area contributed by atoms with Gasteiger partial charge in [-0.25, -0.2) is 0 Å². The van der Waals surface area contributed by atoms with Gasteiger partial charge in [0, 0.05) is 19.3 Å². The molecule has 1 N–H and O–H groups in total. The first-order valence-electron chi connectivity index (χ1n) is 8.18. The van der Waals surface area contributed by atoms with Crippen molar-refractivity contribution in [3.8, 4) is 0 Å². The molecule has 0 amide bonds. The van der Waals surface area contributed by atoms with Gasteiger partial charge < -0.3 is 5.11 Å². The predicted molar refractivity (Wildman–Crippen MR) is 87.8 cm³/mol. The highest BCUT2D eigenvalue weighted by Gasteiger charge is 2.00. The highest BCUT2D eigenvalue weighted by Crippen LogP contribution is 2.07. The highest BCUT2D eigenvalue weighted by atomic mass is 16.4. The van der Waals surface area contributed by atoms with E-state index in [0.717, 1.165) is 12.8 Å². The van der Waals surface area contributed by atoms with Crippen molar-refractivity contribution >= 4 is 17.5 Å². The fraction of sp³-hybridized carbons (Fsp3) is 0.611. The minimum absolute atomic E-state index is 0.00611. The van der Waals surface area contributed by atoms with E-state index in [-0.39, 0.29) is 24.4 Å². The first kappa shape index (κ1) is 20.3. The Morgan fingerprint density at radius 2 is 1.23 bits per heavy atom. The fourth-order valence-corrected chi connectivity index (χ4v) is 1.99. The molecular formula is C18H28O4. The lowest BCUT2D eigenvalue weighted by Gasteiger charge is -1.98.